The molecular weight excluding hydrogens is 498 g/mol. The zero-order valence-electron chi connectivity index (χ0n) is 22.6. The molecule has 0 aromatic heterocycles. The van der Waals surface area contributed by atoms with Crippen molar-refractivity contribution in [2.24, 2.45) is 0 Å². The second kappa shape index (κ2) is 13.2. The number of nitrogens with zero attached hydrogens (tertiary/aromatic N) is 2. The van der Waals surface area contributed by atoms with E-state index in [1.807, 2.05) is 81.4 Å². The molecule has 3 aromatic carbocycles. The molecule has 0 heterocycles. The number of amides is 2. The van der Waals surface area contributed by atoms with Gasteiger partial charge in [-0.15, -0.1) is 0 Å². The van der Waals surface area contributed by atoms with Gasteiger partial charge in [-0.1, -0.05) is 79.2 Å². The van der Waals surface area contributed by atoms with Gasteiger partial charge in [-0.05, 0) is 49.1 Å². The van der Waals surface area contributed by atoms with Crippen LogP contribution in [0.4, 0.5) is 5.69 Å². The zero-order chi connectivity index (χ0) is 27.7. The van der Waals surface area contributed by atoms with E-state index in [2.05, 4.69) is 5.32 Å². The molecule has 7 nitrogen and oxygen atoms in total. The van der Waals surface area contributed by atoms with E-state index in [-0.39, 0.29) is 12.5 Å². The largest absolute Gasteiger partial charge is 0.354 e. The minimum absolute atomic E-state index is 0.168. The summed E-state index contributed by atoms with van der Waals surface area (Å²) >= 11 is 0. The van der Waals surface area contributed by atoms with Crippen molar-refractivity contribution in [3.8, 4) is 0 Å². The third kappa shape index (κ3) is 8.18. The Morgan fingerprint density at radius 2 is 1.55 bits per heavy atom. The molecule has 3 aromatic rings. The lowest BCUT2D eigenvalue weighted by atomic mass is 10.0. The van der Waals surface area contributed by atoms with E-state index in [0.29, 0.717) is 18.7 Å². The summed E-state index contributed by atoms with van der Waals surface area (Å²) in [7, 11) is -3.78. The van der Waals surface area contributed by atoms with E-state index < -0.39 is 28.5 Å². The first-order valence-corrected chi connectivity index (χ1v) is 14.6. The fourth-order valence-electron chi connectivity index (χ4n) is 4.21. The molecule has 1 atom stereocenters. The number of hydrogen-bond donors (Lipinski definition) is 1. The van der Waals surface area contributed by atoms with Gasteiger partial charge in [-0.3, -0.25) is 13.9 Å². The van der Waals surface area contributed by atoms with Gasteiger partial charge in [-0.25, -0.2) is 8.42 Å². The second-order valence-corrected chi connectivity index (χ2v) is 11.5. The van der Waals surface area contributed by atoms with Crippen molar-refractivity contribution in [1.29, 1.82) is 0 Å². The highest BCUT2D eigenvalue weighted by molar-refractivity contribution is 7.92. The summed E-state index contributed by atoms with van der Waals surface area (Å²) in [4.78, 5) is 28.9. The van der Waals surface area contributed by atoms with Gasteiger partial charge in [0.25, 0.3) is 0 Å². The topological polar surface area (TPSA) is 86.8 Å². The fraction of sp³-hybridized carbons (Fsp3) is 0.333. The summed E-state index contributed by atoms with van der Waals surface area (Å²) < 4.78 is 26.7. The molecule has 0 saturated carbocycles. The van der Waals surface area contributed by atoms with Crippen LogP contribution in [-0.4, -0.2) is 50.5 Å². The highest BCUT2D eigenvalue weighted by Crippen LogP contribution is 2.21. The van der Waals surface area contributed by atoms with Crippen LogP contribution in [0.1, 0.15) is 35.6 Å². The van der Waals surface area contributed by atoms with E-state index in [0.717, 1.165) is 39.2 Å². The van der Waals surface area contributed by atoms with Gasteiger partial charge >= 0.3 is 0 Å². The third-order valence-corrected chi connectivity index (χ3v) is 7.40. The molecule has 1 N–H and O–H groups in total. The standard InChI is InChI=1S/C30H37N3O4S/c1-5-18-31-30(35)28(20-25-11-7-6-8-12-25)32(21-26-16-14-23(2)15-17-26)29(34)22-33(38(4,36)37)27-13-9-10-24(3)19-27/h6-17,19,28H,5,18,20-22H2,1-4H3,(H,31,35)/t28-/m1/s1. The average molecular weight is 536 g/mol. The maximum absolute atomic E-state index is 14.0. The average Bonchev–Trinajstić information content (AvgIpc) is 2.88. The number of nitrogens with one attached hydrogen (secondary N) is 1. The Labute approximate surface area is 226 Å². The van der Waals surface area contributed by atoms with Crippen molar-refractivity contribution >= 4 is 27.5 Å². The van der Waals surface area contributed by atoms with Crippen LogP contribution < -0.4 is 9.62 Å². The lowest BCUT2D eigenvalue weighted by molar-refractivity contribution is -0.140. The highest BCUT2D eigenvalue weighted by atomic mass is 32.2. The van der Waals surface area contributed by atoms with Crippen LogP contribution in [0.3, 0.4) is 0 Å². The van der Waals surface area contributed by atoms with Crippen molar-refractivity contribution in [3.63, 3.8) is 0 Å². The van der Waals surface area contributed by atoms with Crippen LogP contribution >= 0.6 is 0 Å². The van der Waals surface area contributed by atoms with E-state index in [9.17, 15) is 18.0 Å². The van der Waals surface area contributed by atoms with Crippen molar-refractivity contribution in [1.82, 2.24) is 10.2 Å². The van der Waals surface area contributed by atoms with Crippen LogP contribution in [0.5, 0.6) is 0 Å². The van der Waals surface area contributed by atoms with E-state index in [1.54, 1.807) is 18.2 Å². The first kappa shape index (κ1) is 28.9. The van der Waals surface area contributed by atoms with Crippen LogP contribution in [-0.2, 0) is 32.6 Å². The van der Waals surface area contributed by atoms with Crippen molar-refractivity contribution < 1.29 is 18.0 Å². The summed E-state index contributed by atoms with van der Waals surface area (Å²) in [5, 5.41) is 2.94. The van der Waals surface area contributed by atoms with Crippen molar-refractivity contribution in [3.05, 3.63) is 101 Å². The zero-order valence-corrected chi connectivity index (χ0v) is 23.4. The maximum Gasteiger partial charge on any atom is 0.244 e. The summed E-state index contributed by atoms with van der Waals surface area (Å²) in [6.07, 6.45) is 2.14. The van der Waals surface area contributed by atoms with Gasteiger partial charge in [0.2, 0.25) is 21.8 Å². The smallest absolute Gasteiger partial charge is 0.244 e. The van der Waals surface area contributed by atoms with Crippen LogP contribution in [0, 0.1) is 13.8 Å². The molecule has 0 aliphatic heterocycles. The van der Waals surface area contributed by atoms with Gasteiger partial charge < -0.3 is 10.2 Å². The van der Waals surface area contributed by atoms with E-state index >= 15 is 0 Å². The van der Waals surface area contributed by atoms with Crippen LogP contribution in [0.15, 0.2) is 78.9 Å². The Hall–Kier alpha value is -3.65. The molecule has 38 heavy (non-hydrogen) atoms. The number of carbonyl (C=O) groups is 2. The minimum Gasteiger partial charge on any atom is -0.354 e. The van der Waals surface area contributed by atoms with E-state index in [1.165, 1.54) is 4.90 Å². The molecule has 3 rings (SSSR count). The number of sulfonamides is 1. The van der Waals surface area contributed by atoms with Crippen LogP contribution in [0.2, 0.25) is 0 Å². The Bertz CT molecular complexity index is 1330. The minimum atomic E-state index is -3.78. The van der Waals surface area contributed by atoms with Gasteiger partial charge in [-0.2, -0.15) is 0 Å². The molecule has 0 spiro atoms. The summed E-state index contributed by atoms with van der Waals surface area (Å²) in [6.45, 7) is 6.05. The number of anilines is 1. The monoisotopic (exact) mass is 535 g/mol. The summed E-state index contributed by atoms with van der Waals surface area (Å²) in [6, 6.07) is 23.5. The summed E-state index contributed by atoms with van der Waals surface area (Å²) in [5.74, 6) is -0.720. The predicted molar refractivity (Wildman–Crippen MR) is 152 cm³/mol. The summed E-state index contributed by atoms with van der Waals surface area (Å²) in [5.41, 5.74) is 4.12. The lowest BCUT2D eigenvalue weighted by Gasteiger charge is -2.33. The Kier molecular flexibility index (Phi) is 10.1. The molecule has 0 unspecified atom stereocenters. The van der Waals surface area contributed by atoms with Gasteiger partial charge in [0.05, 0.1) is 11.9 Å². The fourth-order valence-corrected chi connectivity index (χ4v) is 5.05. The highest BCUT2D eigenvalue weighted by Gasteiger charge is 2.32. The van der Waals surface area contributed by atoms with Gasteiger partial charge in [0.15, 0.2) is 0 Å². The molecule has 0 radical (unpaired) electrons. The molecule has 2 amide bonds. The first-order chi connectivity index (χ1) is 18.1. The molecule has 0 fully saturated rings. The molecule has 0 bridgehead atoms. The quantitative estimate of drug-likeness (QED) is 0.376. The predicted octanol–water partition coefficient (Wildman–Crippen LogP) is 4.24. The van der Waals surface area contributed by atoms with E-state index in [4.69, 9.17) is 0 Å². The molecule has 202 valence electrons. The second-order valence-electron chi connectivity index (χ2n) is 9.61. The Morgan fingerprint density at radius 3 is 2.16 bits per heavy atom. The number of aryl methyl sites for hydroxylation is 2. The first-order valence-electron chi connectivity index (χ1n) is 12.8. The number of rotatable bonds is 12. The number of hydrogen-bond acceptors (Lipinski definition) is 4. The Morgan fingerprint density at radius 1 is 0.868 bits per heavy atom. The molecule has 0 aliphatic carbocycles. The third-order valence-electron chi connectivity index (χ3n) is 6.26. The molecule has 0 saturated heterocycles. The molecular formula is C30H37N3O4S. The maximum atomic E-state index is 14.0. The van der Waals surface area contributed by atoms with Gasteiger partial charge in [0.1, 0.15) is 12.6 Å². The van der Waals surface area contributed by atoms with Crippen molar-refractivity contribution in [2.75, 3.05) is 23.7 Å². The Balaban J connectivity index is 2.03. The van der Waals surface area contributed by atoms with Crippen molar-refractivity contribution in [2.45, 2.75) is 46.2 Å². The normalized spacial score (nSPS) is 12.0. The van der Waals surface area contributed by atoms with Crippen LogP contribution in [0.25, 0.3) is 0 Å². The van der Waals surface area contributed by atoms with Gasteiger partial charge in [0, 0.05) is 19.5 Å². The molecule has 8 heteroatoms. The number of benzene rings is 3. The number of carbonyl (C=O) groups excluding carboxylic acids is 2. The molecule has 0 aliphatic rings. The SMILES string of the molecule is CCCNC(=O)[C@@H](Cc1ccccc1)N(Cc1ccc(C)cc1)C(=O)CN(c1cccc(C)c1)S(C)(=O)=O. The lowest BCUT2D eigenvalue weighted by Crippen LogP contribution is -2.53.